The van der Waals surface area contributed by atoms with Crippen molar-refractivity contribution in [1.82, 2.24) is 9.97 Å². The van der Waals surface area contributed by atoms with Crippen LogP contribution < -0.4 is 10.6 Å². The highest BCUT2D eigenvalue weighted by molar-refractivity contribution is 7.98. The van der Waals surface area contributed by atoms with Gasteiger partial charge in [0.05, 0.1) is 0 Å². The molecule has 0 spiro atoms. The molecule has 0 radical (unpaired) electrons. The van der Waals surface area contributed by atoms with Gasteiger partial charge in [-0.2, -0.15) is 0 Å². The van der Waals surface area contributed by atoms with Crippen LogP contribution in [0, 0.1) is 0 Å². The van der Waals surface area contributed by atoms with Gasteiger partial charge in [-0.15, -0.1) is 0 Å². The first-order chi connectivity index (χ1) is 7.69. The number of nitrogens with zero attached hydrogens (tertiary/aromatic N) is 2. The van der Waals surface area contributed by atoms with E-state index in [9.17, 15) is 0 Å². The second kappa shape index (κ2) is 6.58. The molecule has 1 aromatic heterocycles. The molecule has 1 heterocycles. The van der Waals surface area contributed by atoms with Crippen LogP contribution in [0.4, 0.5) is 11.6 Å². The van der Waals surface area contributed by atoms with Gasteiger partial charge in [-0.3, -0.25) is 0 Å². The van der Waals surface area contributed by atoms with Gasteiger partial charge in [0.1, 0.15) is 11.6 Å². The summed E-state index contributed by atoms with van der Waals surface area (Å²) < 4.78 is 0. The molecular weight excluding hydrogens is 220 g/mol. The fraction of sp³-hybridized carbons (Fsp3) is 0.636. The lowest BCUT2D eigenvalue weighted by Gasteiger charge is -2.14. The normalized spacial score (nSPS) is 12.2. The molecule has 90 valence electrons. The van der Waals surface area contributed by atoms with Crippen LogP contribution in [0.15, 0.2) is 11.2 Å². The third-order valence-corrected chi connectivity index (χ3v) is 2.81. The largest absolute Gasteiger partial charge is 0.373 e. The first kappa shape index (κ1) is 13.1. The molecule has 1 unspecified atom stereocenters. The van der Waals surface area contributed by atoms with Gasteiger partial charge in [0.2, 0.25) is 0 Å². The Labute approximate surface area is 102 Å². The van der Waals surface area contributed by atoms with Crippen LogP contribution in [0.3, 0.4) is 0 Å². The molecule has 0 saturated heterocycles. The van der Waals surface area contributed by atoms with Crippen LogP contribution in [0.2, 0.25) is 0 Å². The van der Waals surface area contributed by atoms with Gasteiger partial charge in [-0.1, -0.05) is 25.1 Å². The molecule has 0 saturated carbocycles. The van der Waals surface area contributed by atoms with Crippen LogP contribution in [-0.4, -0.2) is 29.3 Å². The van der Waals surface area contributed by atoms with E-state index >= 15 is 0 Å². The third kappa shape index (κ3) is 3.89. The highest BCUT2D eigenvalue weighted by Gasteiger charge is 2.05. The molecule has 1 atom stereocenters. The van der Waals surface area contributed by atoms with E-state index in [-0.39, 0.29) is 0 Å². The summed E-state index contributed by atoms with van der Waals surface area (Å²) >= 11 is 1.55. The van der Waals surface area contributed by atoms with E-state index in [1.165, 1.54) is 6.42 Å². The van der Waals surface area contributed by atoms with Gasteiger partial charge in [-0.05, 0) is 19.6 Å². The van der Waals surface area contributed by atoms with Crippen LogP contribution in [0.1, 0.15) is 26.7 Å². The molecule has 1 rings (SSSR count). The van der Waals surface area contributed by atoms with Crippen molar-refractivity contribution in [3.8, 4) is 0 Å². The molecule has 0 fully saturated rings. The summed E-state index contributed by atoms with van der Waals surface area (Å²) in [5.41, 5.74) is 0. The molecule has 5 heteroatoms. The van der Waals surface area contributed by atoms with Crippen molar-refractivity contribution in [2.75, 3.05) is 23.9 Å². The maximum Gasteiger partial charge on any atom is 0.191 e. The zero-order chi connectivity index (χ0) is 12.0. The summed E-state index contributed by atoms with van der Waals surface area (Å²) in [6.45, 7) is 4.36. The summed E-state index contributed by atoms with van der Waals surface area (Å²) in [6, 6.07) is 2.38. The number of hydrogen-bond donors (Lipinski definition) is 2. The smallest absolute Gasteiger partial charge is 0.191 e. The molecule has 4 nitrogen and oxygen atoms in total. The lowest BCUT2D eigenvalue weighted by atomic mass is 10.2. The first-order valence-electron chi connectivity index (χ1n) is 5.57. The molecule has 16 heavy (non-hydrogen) atoms. The van der Waals surface area contributed by atoms with Gasteiger partial charge >= 0.3 is 0 Å². The Hall–Kier alpha value is -0.970. The van der Waals surface area contributed by atoms with Crippen molar-refractivity contribution in [2.45, 2.75) is 37.9 Å². The van der Waals surface area contributed by atoms with E-state index in [1.54, 1.807) is 11.8 Å². The topological polar surface area (TPSA) is 49.8 Å². The Balaban J connectivity index is 2.78. The summed E-state index contributed by atoms with van der Waals surface area (Å²) in [5.74, 6) is 1.75. The van der Waals surface area contributed by atoms with Crippen molar-refractivity contribution >= 4 is 23.4 Å². The zero-order valence-corrected chi connectivity index (χ0v) is 11.2. The van der Waals surface area contributed by atoms with Gasteiger partial charge in [-0.25, -0.2) is 9.97 Å². The summed E-state index contributed by atoms with van der Waals surface area (Å²) in [6.07, 6.45) is 4.30. The Morgan fingerprint density at radius 3 is 2.62 bits per heavy atom. The fourth-order valence-corrected chi connectivity index (χ4v) is 1.86. The van der Waals surface area contributed by atoms with Crippen LogP contribution >= 0.6 is 11.8 Å². The predicted molar refractivity (Wildman–Crippen MR) is 71.4 cm³/mol. The number of anilines is 2. The molecule has 1 aromatic rings. The molecule has 2 N–H and O–H groups in total. The van der Waals surface area contributed by atoms with E-state index < -0.39 is 0 Å². The van der Waals surface area contributed by atoms with Crippen LogP contribution in [0.5, 0.6) is 0 Å². The van der Waals surface area contributed by atoms with E-state index in [0.717, 1.165) is 23.2 Å². The number of aromatic nitrogens is 2. The number of rotatable bonds is 6. The monoisotopic (exact) mass is 240 g/mol. The van der Waals surface area contributed by atoms with E-state index in [4.69, 9.17) is 0 Å². The number of thioether (sulfide) groups is 1. The van der Waals surface area contributed by atoms with Crippen molar-refractivity contribution in [2.24, 2.45) is 0 Å². The minimum atomic E-state index is 0.444. The number of hydrogen-bond acceptors (Lipinski definition) is 5. The molecule has 0 bridgehead atoms. The second-order valence-electron chi connectivity index (χ2n) is 3.71. The Kier molecular flexibility index (Phi) is 5.38. The lowest BCUT2D eigenvalue weighted by Crippen LogP contribution is -2.16. The van der Waals surface area contributed by atoms with Crippen molar-refractivity contribution in [3.05, 3.63) is 6.07 Å². The maximum atomic E-state index is 4.42. The maximum absolute atomic E-state index is 4.42. The third-order valence-electron chi connectivity index (χ3n) is 2.26. The highest BCUT2D eigenvalue weighted by atomic mass is 32.2. The van der Waals surface area contributed by atoms with Gasteiger partial charge in [0, 0.05) is 19.2 Å². The Morgan fingerprint density at radius 2 is 2.06 bits per heavy atom. The van der Waals surface area contributed by atoms with E-state index in [0.29, 0.717) is 6.04 Å². The average Bonchev–Trinajstić information content (AvgIpc) is 2.28. The quantitative estimate of drug-likeness (QED) is 0.591. The summed E-state index contributed by atoms with van der Waals surface area (Å²) in [5, 5.41) is 7.22. The van der Waals surface area contributed by atoms with Crippen LogP contribution in [0.25, 0.3) is 0 Å². The zero-order valence-electron chi connectivity index (χ0n) is 10.4. The SMILES string of the molecule is CCCC(C)Nc1cc(NC)nc(SC)n1. The Bertz CT molecular complexity index is 308. The fourth-order valence-electron chi connectivity index (χ4n) is 1.48. The van der Waals surface area contributed by atoms with Gasteiger partial charge in [0.15, 0.2) is 5.16 Å². The van der Waals surface area contributed by atoms with Gasteiger partial charge < -0.3 is 10.6 Å². The highest BCUT2D eigenvalue weighted by Crippen LogP contribution is 2.18. The number of nitrogens with one attached hydrogen (secondary N) is 2. The predicted octanol–water partition coefficient (Wildman–Crippen LogP) is 2.84. The molecule has 0 aliphatic heterocycles. The molecule has 0 aliphatic rings. The van der Waals surface area contributed by atoms with Crippen LogP contribution in [-0.2, 0) is 0 Å². The molecule has 0 aromatic carbocycles. The summed E-state index contributed by atoms with van der Waals surface area (Å²) in [7, 11) is 1.87. The standard InChI is InChI=1S/C11H20N4S/c1-5-6-8(2)13-10-7-9(12-3)14-11(15-10)16-4/h7-8H,5-6H2,1-4H3,(H2,12,13,14,15). The van der Waals surface area contributed by atoms with E-state index in [1.807, 2.05) is 19.4 Å². The minimum absolute atomic E-state index is 0.444. The minimum Gasteiger partial charge on any atom is -0.373 e. The Morgan fingerprint density at radius 1 is 1.38 bits per heavy atom. The lowest BCUT2D eigenvalue weighted by molar-refractivity contribution is 0.685. The first-order valence-corrected chi connectivity index (χ1v) is 6.79. The van der Waals surface area contributed by atoms with Gasteiger partial charge in [0.25, 0.3) is 0 Å². The molecule has 0 amide bonds. The molecule has 0 aliphatic carbocycles. The average molecular weight is 240 g/mol. The van der Waals surface area contributed by atoms with Crippen molar-refractivity contribution in [1.29, 1.82) is 0 Å². The second-order valence-corrected chi connectivity index (χ2v) is 4.48. The van der Waals surface area contributed by atoms with Crippen molar-refractivity contribution in [3.63, 3.8) is 0 Å². The molecular formula is C11H20N4S. The van der Waals surface area contributed by atoms with Crippen molar-refractivity contribution < 1.29 is 0 Å². The van der Waals surface area contributed by atoms with E-state index in [2.05, 4.69) is 34.4 Å². The summed E-state index contributed by atoms with van der Waals surface area (Å²) in [4.78, 5) is 8.75.